The molecule has 0 saturated carbocycles. The van der Waals surface area contributed by atoms with Crippen molar-refractivity contribution in [1.82, 2.24) is 15.0 Å². The molecule has 0 saturated heterocycles. The van der Waals surface area contributed by atoms with Crippen LogP contribution in [0.2, 0.25) is 0 Å². The lowest BCUT2D eigenvalue weighted by atomic mass is 10.3. The number of aromatic nitrogens is 3. The second-order valence-electron chi connectivity index (χ2n) is 7.17. The highest BCUT2D eigenvalue weighted by Crippen LogP contribution is 2.30. The minimum absolute atomic E-state index is 0.0483. The Morgan fingerprint density at radius 1 is 0.694 bits per heavy atom. The summed E-state index contributed by atoms with van der Waals surface area (Å²) in [5.74, 6) is -1.24. The second-order valence-corrected chi connectivity index (χ2v) is 9.23. The van der Waals surface area contributed by atoms with Crippen LogP contribution in [0.4, 0.5) is 21.6 Å². The van der Waals surface area contributed by atoms with Gasteiger partial charge in [-0.3, -0.25) is 40.5 Å². The molecule has 36 heavy (non-hydrogen) atoms. The largest absolute Gasteiger partial charge is 0.296 e. The first-order chi connectivity index (χ1) is 17.3. The molecule has 178 valence electrons. The van der Waals surface area contributed by atoms with Crippen molar-refractivity contribution < 1.29 is 19.4 Å². The van der Waals surface area contributed by atoms with Gasteiger partial charge in [-0.15, -0.1) is 0 Å². The number of carbonyl (C=O) groups excluding carboxylic acids is 2. The van der Waals surface area contributed by atoms with Crippen LogP contribution in [0, 0.1) is 20.2 Å². The van der Waals surface area contributed by atoms with E-state index in [1.165, 1.54) is 54.6 Å². The lowest BCUT2D eigenvalue weighted by Crippen LogP contribution is -2.18. The molecule has 0 aliphatic carbocycles. The highest BCUT2D eigenvalue weighted by atomic mass is 32.1. The molecule has 0 radical (unpaired) electrons. The maximum Gasteiger partial charge on any atom is 0.276 e. The number of hydrogen-bond donors (Lipinski definition) is 2. The molecule has 13 nitrogen and oxygen atoms in total. The first-order valence-electron chi connectivity index (χ1n) is 9.96. The van der Waals surface area contributed by atoms with Crippen molar-refractivity contribution in [1.29, 1.82) is 0 Å². The molecule has 0 bridgehead atoms. The van der Waals surface area contributed by atoms with Gasteiger partial charge in [0, 0.05) is 24.3 Å². The Morgan fingerprint density at radius 2 is 1.14 bits per heavy atom. The van der Waals surface area contributed by atoms with Crippen molar-refractivity contribution in [3.8, 4) is 0 Å². The number of benzene rings is 2. The zero-order valence-corrected chi connectivity index (χ0v) is 19.3. The third-order valence-corrected chi connectivity index (χ3v) is 6.69. The van der Waals surface area contributed by atoms with Crippen LogP contribution in [0.25, 0.3) is 20.4 Å². The number of nitro benzene ring substituents is 2. The van der Waals surface area contributed by atoms with Crippen LogP contribution in [-0.4, -0.2) is 36.6 Å². The molecule has 2 amide bonds. The highest BCUT2D eigenvalue weighted by Gasteiger charge is 2.17. The number of nitrogens with one attached hydrogen (secondary N) is 2. The molecule has 0 spiro atoms. The smallest absolute Gasteiger partial charge is 0.276 e. The summed E-state index contributed by atoms with van der Waals surface area (Å²) in [6.45, 7) is 0. The van der Waals surface area contributed by atoms with Gasteiger partial charge in [-0.25, -0.2) is 15.0 Å². The zero-order chi connectivity index (χ0) is 25.4. The van der Waals surface area contributed by atoms with Crippen molar-refractivity contribution in [3.63, 3.8) is 0 Å². The van der Waals surface area contributed by atoms with Crippen LogP contribution in [0.15, 0.2) is 54.6 Å². The Balaban J connectivity index is 1.32. The fraction of sp³-hybridized carbons (Fsp3) is 0. The molecule has 2 aromatic carbocycles. The summed E-state index contributed by atoms with van der Waals surface area (Å²) in [7, 11) is 0. The molecule has 0 aliphatic heterocycles. The Kier molecular flexibility index (Phi) is 5.75. The number of pyridine rings is 1. The number of non-ortho nitro benzene ring substituents is 2. The van der Waals surface area contributed by atoms with E-state index in [1.807, 2.05) is 0 Å². The number of thiazole rings is 2. The number of nitro groups is 2. The predicted molar refractivity (Wildman–Crippen MR) is 133 cm³/mol. The molecule has 0 aliphatic rings. The number of amides is 2. The first kappa shape index (κ1) is 22.9. The Hall–Kier alpha value is -4.89. The SMILES string of the molecule is O=C(Nc1nc2ccc([N+](=O)[O-])cc2s1)c1cccc(C(=O)Nc2nc3ccc([N+](=O)[O-])cc3s2)n1. The molecular weight excluding hydrogens is 510 g/mol. The maximum atomic E-state index is 12.7. The Morgan fingerprint density at radius 3 is 1.56 bits per heavy atom. The van der Waals surface area contributed by atoms with Gasteiger partial charge in [0.2, 0.25) is 0 Å². The third-order valence-electron chi connectivity index (χ3n) is 4.82. The van der Waals surface area contributed by atoms with Crippen LogP contribution in [0.3, 0.4) is 0 Å². The lowest BCUT2D eigenvalue weighted by Gasteiger charge is -2.04. The summed E-state index contributed by atoms with van der Waals surface area (Å²) < 4.78 is 1.06. The van der Waals surface area contributed by atoms with E-state index in [0.717, 1.165) is 22.7 Å². The number of fused-ring (bicyclic) bond motifs is 2. The molecule has 5 rings (SSSR count). The molecule has 3 aromatic heterocycles. The van der Waals surface area contributed by atoms with Gasteiger partial charge < -0.3 is 0 Å². The number of carbonyl (C=O) groups is 2. The van der Waals surface area contributed by atoms with Gasteiger partial charge in [0.05, 0.1) is 30.3 Å². The highest BCUT2D eigenvalue weighted by molar-refractivity contribution is 7.22. The third kappa shape index (κ3) is 4.55. The summed E-state index contributed by atoms with van der Waals surface area (Å²) in [4.78, 5) is 58.8. The molecule has 5 aromatic rings. The van der Waals surface area contributed by atoms with Crippen molar-refractivity contribution in [2.75, 3.05) is 10.6 Å². The van der Waals surface area contributed by atoms with Crippen LogP contribution >= 0.6 is 22.7 Å². The minimum Gasteiger partial charge on any atom is -0.296 e. The van der Waals surface area contributed by atoms with Gasteiger partial charge >= 0.3 is 0 Å². The van der Waals surface area contributed by atoms with Crippen LogP contribution < -0.4 is 10.6 Å². The van der Waals surface area contributed by atoms with Crippen molar-refractivity contribution in [3.05, 3.63) is 86.2 Å². The Labute approximate surface area is 207 Å². The average Bonchev–Trinajstić information content (AvgIpc) is 3.45. The monoisotopic (exact) mass is 521 g/mol. The number of anilines is 2. The summed E-state index contributed by atoms with van der Waals surface area (Å²) >= 11 is 2.13. The van der Waals surface area contributed by atoms with Crippen molar-refractivity contribution in [2.45, 2.75) is 0 Å². The van der Waals surface area contributed by atoms with E-state index in [-0.39, 0.29) is 33.0 Å². The average molecular weight is 521 g/mol. The maximum absolute atomic E-state index is 12.7. The fourth-order valence-corrected chi connectivity index (χ4v) is 4.96. The van der Waals surface area contributed by atoms with Gasteiger partial charge in [-0.2, -0.15) is 0 Å². The topological polar surface area (TPSA) is 183 Å². The van der Waals surface area contributed by atoms with Crippen LogP contribution in [-0.2, 0) is 0 Å². The molecule has 15 heteroatoms. The van der Waals surface area contributed by atoms with E-state index in [0.29, 0.717) is 20.4 Å². The van der Waals surface area contributed by atoms with Gasteiger partial charge in [0.25, 0.3) is 23.2 Å². The standard InChI is InChI=1S/C21H11N7O6S2/c29-18(25-20-23-12-6-4-10(27(31)32)8-16(12)35-20)14-2-1-3-15(22-14)19(30)26-21-24-13-7-5-11(28(33)34)9-17(13)36-21/h1-9H,(H,23,25,29)(H,24,26,30). The van der Waals surface area contributed by atoms with E-state index < -0.39 is 21.7 Å². The minimum atomic E-state index is -0.620. The van der Waals surface area contributed by atoms with E-state index in [1.54, 1.807) is 0 Å². The summed E-state index contributed by atoms with van der Waals surface area (Å²) in [6.07, 6.45) is 0. The van der Waals surface area contributed by atoms with E-state index in [9.17, 15) is 29.8 Å². The van der Waals surface area contributed by atoms with Crippen LogP contribution in [0.5, 0.6) is 0 Å². The van der Waals surface area contributed by atoms with E-state index in [4.69, 9.17) is 0 Å². The van der Waals surface area contributed by atoms with Crippen molar-refractivity contribution >= 4 is 76.6 Å². The molecule has 0 unspecified atom stereocenters. The molecular formula is C21H11N7O6S2. The van der Waals surface area contributed by atoms with Crippen LogP contribution in [0.1, 0.15) is 21.0 Å². The van der Waals surface area contributed by atoms with E-state index in [2.05, 4.69) is 25.6 Å². The Bertz CT molecular complexity index is 1590. The number of nitrogens with zero attached hydrogens (tertiary/aromatic N) is 5. The summed E-state index contributed by atoms with van der Waals surface area (Å²) in [6, 6.07) is 12.7. The van der Waals surface area contributed by atoms with Gasteiger partial charge in [0.15, 0.2) is 10.3 Å². The van der Waals surface area contributed by atoms with Gasteiger partial charge in [-0.05, 0) is 24.3 Å². The van der Waals surface area contributed by atoms with Gasteiger partial charge in [0.1, 0.15) is 11.4 Å². The van der Waals surface area contributed by atoms with E-state index >= 15 is 0 Å². The van der Waals surface area contributed by atoms with Gasteiger partial charge in [-0.1, -0.05) is 28.7 Å². The normalized spacial score (nSPS) is 10.9. The molecule has 0 atom stereocenters. The predicted octanol–water partition coefficient (Wildman–Crippen LogP) is 4.62. The quantitative estimate of drug-likeness (QED) is 0.238. The number of rotatable bonds is 6. The second kappa shape index (κ2) is 9.05. The molecule has 2 N–H and O–H groups in total. The molecule has 3 heterocycles. The zero-order valence-electron chi connectivity index (χ0n) is 17.7. The molecule has 0 fully saturated rings. The first-order valence-corrected chi connectivity index (χ1v) is 11.6. The summed E-state index contributed by atoms with van der Waals surface area (Å²) in [5, 5.41) is 27.5. The lowest BCUT2D eigenvalue weighted by molar-refractivity contribution is -0.384. The fourth-order valence-electron chi connectivity index (χ4n) is 3.17. The number of hydrogen-bond acceptors (Lipinski definition) is 11. The van der Waals surface area contributed by atoms with Crippen molar-refractivity contribution in [2.24, 2.45) is 0 Å². The summed E-state index contributed by atoms with van der Waals surface area (Å²) in [5.41, 5.74) is 0.707.